The van der Waals surface area contributed by atoms with E-state index in [9.17, 15) is 14.4 Å². The van der Waals surface area contributed by atoms with Crippen LogP contribution in [-0.2, 0) is 19.1 Å². The van der Waals surface area contributed by atoms with Crippen molar-refractivity contribution in [1.82, 2.24) is 0 Å². The van der Waals surface area contributed by atoms with Gasteiger partial charge in [-0.1, -0.05) is 6.92 Å². The Hall–Kier alpha value is -0.140. The highest BCUT2D eigenvalue weighted by molar-refractivity contribution is 7.81. The average molecular weight is 353 g/mol. The van der Waals surface area contributed by atoms with Gasteiger partial charge in [-0.3, -0.25) is 14.4 Å². The maximum Gasteiger partial charge on any atom is 0.315 e. The van der Waals surface area contributed by atoms with E-state index in [0.717, 1.165) is 6.42 Å². The summed E-state index contributed by atoms with van der Waals surface area (Å²) in [6.45, 7) is 2.19. The minimum Gasteiger partial charge on any atom is -0.464 e. The summed E-state index contributed by atoms with van der Waals surface area (Å²) in [5.74, 6) is 0.134. The van der Waals surface area contributed by atoms with Crippen molar-refractivity contribution in [2.24, 2.45) is 5.41 Å². The molecule has 0 bridgehead atoms. The first-order valence-corrected chi connectivity index (χ1v) is 8.84. The van der Waals surface area contributed by atoms with Crippen molar-refractivity contribution in [2.75, 3.05) is 23.9 Å². The van der Waals surface area contributed by atoms with Gasteiger partial charge in [0, 0.05) is 29.8 Å². The molecule has 122 valence electrons. The van der Waals surface area contributed by atoms with Gasteiger partial charge in [0.15, 0.2) is 0 Å². The zero-order valence-corrected chi connectivity index (χ0v) is 15.0. The largest absolute Gasteiger partial charge is 0.464 e. The first kappa shape index (κ1) is 20.9. The van der Waals surface area contributed by atoms with Gasteiger partial charge < -0.3 is 4.74 Å². The molecule has 0 aromatic heterocycles. The average Bonchev–Trinajstić information content (AvgIpc) is 2.53. The maximum atomic E-state index is 11.5. The van der Waals surface area contributed by atoms with Gasteiger partial charge >= 0.3 is 5.97 Å². The minimum absolute atomic E-state index is 0.0188. The zero-order valence-electron chi connectivity index (χ0n) is 12.3. The van der Waals surface area contributed by atoms with Gasteiger partial charge in [0.2, 0.25) is 0 Å². The Labute approximate surface area is 143 Å². The second-order valence-electron chi connectivity index (χ2n) is 5.07. The van der Waals surface area contributed by atoms with Crippen LogP contribution in [-0.4, -0.2) is 41.4 Å². The van der Waals surface area contributed by atoms with Crippen LogP contribution in [0.25, 0.3) is 0 Å². The van der Waals surface area contributed by atoms with Crippen molar-refractivity contribution >= 4 is 55.4 Å². The SMILES string of the molecule is CCC(CCC(=O)CS)(CCC(=O)CS)COC(=O)CS. The van der Waals surface area contributed by atoms with E-state index in [-0.39, 0.29) is 40.8 Å². The lowest BCUT2D eigenvalue weighted by Crippen LogP contribution is -2.30. The molecule has 0 unspecified atom stereocenters. The van der Waals surface area contributed by atoms with Crippen molar-refractivity contribution in [3.63, 3.8) is 0 Å². The molecule has 21 heavy (non-hydrogen) atoms. The summed E-state index contributed by atoms with van der Waals surface area (Å²) < 4.78 is 5.20. The molecule has 0 saturated heterocycles. The van der Waals surface area contributed by atoms with Crippen LogP contribution in [0.1, 0.15) is 39.0 Å². The molecule has 0 atom stereocenters. The van der Waals surface area contributed by atoms with Crippen LogP contribution < -0.4 is 0 Å². The molecule has 0 aliphatic heterocycles. The van der Waals surface area contributed by atoms with E-state index in [1.165, 1.54) is 0 Å². The number of ether oxygens (including phenoxy) is 1. The van der Waals surface area contributed by atoms with Crippen molar-refractivity contribution in [3.8, 4) is 0 Å². The molecule has 0 fully saturated rings. The molecule has 0 aliphatic carbocycles. The molecule has 0 spiro atoms. The van der Waals surface area contributed by atoms with Crippen LogP contribution >= 0.6 is 37.9 Å². The Bertz CT molecular complexity index is 308. The molecule has 0 saturated carbocycles. The molecule has 0 rings (SSSR count). The topological polar surface area (TPSA) is 60.4 Å². The molecule has 0 radical (unpaired) electrons. The lowest BCUT2D eigenvalue weighted by molar-refractivity contribution is -0.144. The maximum absolute atomic E-state index is 11.5. The minimum atomic E-state index is -0.391. The Morgan fingerprint density at radius 2 is 1.38 bits per heavy atom. The highest BCUT2D eigenvalue weighted by Gasteiger charge is 2.30. The van der Waals surface area contributed by atoms with Gasteiger partial charge in [-0.05, 0) is 19.3 Å². The summed E-state index contributed by atoms with van der Waals surface area (Å²) in [4.78, 5) is 34.3. The molecule has 0 aromatic carbocycles. The van der Waals surface area contributed by atoms with Crippen molar-refractivity contribution in [3.05, 3.63) is 0 Å². The lowest BCUT2D eigenvalue weighted by Gasteiger charge is -2.32. The number of carbonyl (C=O) groups excluding carboxylic acids is 3. The van der Waals surface area contributed by atoms with Gasteiger partial charge in [-0.25, -0.2) is 0 Å². The van der Waals surface area contributed by atoms with Crippen molar-refractivity contribution in [2.45, 2.75) is 39.0 Å². The van der Waals surface area contributed by atoms with E-state index in [4.69, 9.17) is 4.74 Å². The van der Waals surface area contributed by atoms with E-state index in [2.05, 4.69) is 37.9 Å². The number of rotatable bonds is 12. The third-order valence-corrected chi connectivity index (χ3v) is 4.60. The number of ketones is 2. The fraction of sp³-hybridized carbons (Fsp3) is 0.786. The van der Waals surface area contributed by atoms with Crippen LogP contribution in [0.4, 0.5) is 0 Å². The third kappa shape index (κ3) is 8.78. The number of hydrogen-bond acceptors (Lipinski definition) is 7. The van der Waals surface area contributed by atoms with E-state index in [1.807, 2.05) is 6.92 Å². The Morgan fingerprint density at radius 1 is 0.905 bits per heavy atom. The summed E-state index contributed by atoms with van der Waals surface area (Å²) in [5.41, 5.74) is -0.351. The standard InChI is InChI=1S/C14H24O4S3/c1-2-14(5-3-11(15)7-19,6-4-12(16)8-20)10-18-13(17)9-21/h19-21H,2-10H2,1H3. The fourth-order valence-corrected chi connectivity index (χ4v) is 2.38. The summed E-state index contributed by atoms with van der Waals surface area (Å²) in [5, 5.41) is 0. The summed E-state index contributed by atoms with van der Waals surface area (Å²) in [6, 6.07) is 0. The number of thiol groups is 3. The van der Waals surface area contributed by atoms with Crippen LogP contribution in [0.15, 0.2) is 0 Å². The number of carbonyl (C=O) groups is 3. The first-order chi connectivity index (χ1) is 9.92. The molecule has 0 aromatic rings. The second kappa shape index (κ2) is 11.4. The summed E-state index contributed by atoms with van der Waals surface area (Å²) >= 11 is 11.8. The Balaban J connectivity index is 4.76. The highest BCUT2D eigenvalue weighted by atomic mass is 32.1. The van der Waals surface area contributed by atoms with Gasteiger partial charge in [0.25, 0.3) is 0 Å². The highest BCUT2D eigenvalue weighted by Crippen LogP contribution is 2.34. The summed E-state index contributed by atoms with van der Waals surface area (Å²) in [7, 11) is 0. The summed E-state index contributed by atoms with van der Waals surface area (Å²) in [6.07, 6.45) is 2.66. The molecule has 7 heteroatoms. The van der Waals surface area contributed by atoms with E-state index in [1.54, 1.807) is 0 Å². The number of hydrogen-bond donors (Lipinski definition) is 3. The smallest absolute Gasteiger partial charge is 0.315 e. The molecule has 0 amide bonds. The van der Waals surface area contributed by atoms with Crippen molar-refractivity contribution in [1.29, 1.82) is 0 Å². The molecule has 0 aliphatic rings. The predicted molar refractivity (Wildman–Crippen MR) is 93.7 cm³/mol. The molecular formula is C14H24O4S3. The quantitative estimate of drug-likeness (QED) is 0.373. The van der Waals surface area contributed by atoms with Crippen LogP contribution in [0.2, 0.25) is 0 Å². The van der Waals surface area contributed by atoms with E-state index >= 15 is 0 Å². The Kier molecular flexibility index (Phi) is 11.4. The van der Waals surface area contributed by atoms with Crippen LogP contribution in [0.3, 0.4) is 0 Å². The fourth-order valence-electron chi connectivity index (χ4n) is 1.97. The zero-order chi connectivity index (χ0) is 16.3. The molecule has 0 N–H and O–H groups in total. The van der Waals surface area contributed by atoms with Gasteiger partial charge in [0.1, 0.15) is 11.6 Å². The lowest BCUT2D eigenvalue weighted by atomic mass is 9.76. The van der Waals surface area contributed by atoms with Crippen LogP contribution in [0, 0.1) is 5.41 Å². The Morgan fingerprint density at radius 3 is 1.71 bits per heavy atom. The molecule has 4 nitrogen and oxygen atoms in total. The predicted octanol–water partition coefficient (Wildman–Crippen LogP) is 2.41. The third-order valence-electron chi connectivity index (χ3n) is 3.64. The van der Waals surface area contributed by atoms with E-state index in [0.29, 0.717) is 25.7 Å². The van der Waals surface area contributed by atoms with Gasteiger partial charge in [-0.2, -0.15) is 37.9 Å². The van der Waals surface area contributed by atoms with Gasteiger partial charge in [0.05, 0.1) is 12.4 Å². The second-order valence-corrected chi connectivity index (χ2v) is 6.01. The monoisotopic (exact) mass is 352 g/mol. The van der Waals surface area contributed by atoms with E-state index < -0.39 is 5.97 Å². The number of Topliss-reactive ketones (excluding diaryl/α,β-unsaturated/α-hetero) is 2. The normalized spacial score (nSPS) is 11.2. The van der Waals surface area contributed by atoms with Crippen molar-refractivity contribution < 1.29 is 19.1 Å². The van der Waals surface area contributed by atoms with Gasteiger partial charge in [-0.15, -0.1) is 0 Å². The molecule has 0 heterocycles. The number of esters is 1. The molecular weight excluding hydrogens is 328 g/mol. The van der Waals surface area contributed by atoms with Crippen LogP contribution in [0.5, 0.6) is 0 Å². The first-order valence-electron chi connectivity index (χ1n) is 6.94.